The standard InChI is InChI=1S/C10H17N3O4S2/c1-18(14,15)12-5-6-13-19(16,17)8-9-3-2-4-10(11)7-9/h2-4,7,12-13H,5-6,8,11H2,1H3. The van der Waals surface area contributed by atoms with Crippen LogP contribution in [0.4, 0.5) is 5.69 Å². The molecule has 0 spiro atoms. The second kappa shape index (κ2) is 6.33. The van der Waals surface area contributed by atoms with E-state index in [9.17, 15) is 16.8 Å². The predicted molar refractivity (Wildman–Crippen MR) is 74.3 cm³/mol. The molecule has 0 atom stereocenters. The van der Waals surface area contributed by atoms with E-state index in [-0.39, 0.29) is 18.8 Å². The average molecular weight is 307 g/mol. The molecule has 1 aromatic rings. The van der Waals surface area contributed by atoms with Crippen LogP contribution in [0.25, 0.3) is 0 Å². The molecule has 1 rings (SSSR count). The third-order valence-electron chi connectivity index (χ3n) is 2.12. The zero-order chi connectivity index (χ0) is 14.5. The van der Waals surface area contributed by atoms with Crippen LogP contribution in [0.15, 0.2) is 24.3 Å². The molecular weight excluding hydrogens is 290 g/mol. The summed E-state index contributed by atoms with van der Waals surface area (Å²) in [6, 6.07) is 6.57. The summed E-state index contributed by atoms with van der Waals surface area (Å²) in [5, 5.41) is 0. The van der Waals surface area contributed by atoms with Gasteiger partial charge >= 0.3 is 0 Å². The van der Waals surface area contributed by atoms with Gasteiger partial charge in [0.25, 0.3) is 0 Å². The first kappa shape index (κ1) is 15.9. The van der Waals surface area contributed by atoms with Gasteiger partial charge in [-0.25, -0.2) is 26.3 Å². The maximum Gasteiger partial charge on any atom is 0.215 e. The fourth-order valence-corrected chi connectivity index (χ4v) is 3.00. The van der Waals surface area contributed by atoms with Gasteiger partial charge in [-0.2, -0.15) is 0 Å². The molecule has 0 amide bonds. The lowest BCUT2D eigenvalue weighted by molar-refractivity contribution is 0.572. The number of benzene rings is 1. The highest BCUT2D eigenvalue weighted by Gasteiger charge is 2.11. The molecule has 4 N–H and O–H groups in total. The molecule has 0 fully saturated rings. The third-order valence-corrected chi connectivity index (χ3v) is 4.20. The highest BCUT2D eigenvalue weighted by atomic mass is 32.2. The van der Waals surface area contributed by atoms with Crippen LogP contribution in [0.2, 0.25) is 0 Å². The first-order chi connectivity index (χ1) is 8.68. The van der Waals surface area contributed by atoms with Crippen molar-refractivity contribution >= 4 is 25.7 Å². The molecule has 0 aliphatic heterocycles. The van der Waals surface area contributed by atoms with Gasteiger partial charge < -0.3 is 5.73 Å². The largest absolute Gasteiger partial charge is 0.399 e. The van der Waals surface area contributed by atoms with E-state index >= 15 is 0 Å². The lowest BCUT2D eigenvalue weighted by atomic mass is 10.2. The van der Waals surface area contributed by atoms with Gasteiger partial charge in [-0.05, 0) is 17.7 Å². The molecule has 0 saturated heterocycles. The first-order valence-corrected chi connectivity index (χ1v) is 8.99. The smallest absolute Gasteiger partial charge is 0.215 e. The van der Waals surface area contributed by atoms with E-state index in [4.69, 9.17) is 5.73 Å². The number of sulfonamides is 2. The Bertz CT molecular complexity index is 626. The molecular formula is C10H17N3O4S2. The zero-order valence-electron chi connectivity index (χ0n) is 10.5. The Balaban J connectivity index is 2.49. The van der Waals surface area contributed by atoms with Crippen molar-refractivity contribution in [3.05, 3.63) is 29.8 Å². The number of rotatable bonds is 7. The summed E-state index contributed by atoms with van der Waals surface area (Å²) in [5.41, 5.74) is 6.62. The molecule has 0 heterocycles. The van der Waals surface area contributed by atoms with Crippen molar-refractivity contribution in [2.75, 3.05) is 25.1 Å². The summed E-state index contributed by atoms with van der Waals surface area (Å²) < 4.78 is 49.5. The maximum absolute atomic E-state index is 11.7. The molecule has 0 aliphatic rings. The van der Waals surface area contributed by atoms with Gasteiger partial charge in [0.05, 0.1) is 12.0 Å². The Hall–Kier alpha value is -1.16. The zero-order valence-corrected chi connectivity index (χ0v) is 12.1. The average Bonchev–Trinajstić information content (AvgIpc) is 2.22. The van der Waals surface area contributed by atoms with Crippen LogP contribution in [0.5, 0.6) is 0 Å². The monoisotopic (exact) mass is 307 g/mol. The number of nitrogen functional groups attached to an aromatic ring is 1. The molecule has 19 heavy (non-hydrogen) atoms. The quantitative estimate of drug-likeness (QED) is 0.452. The highest BCUT2D eigenvalue weighted by Crippen LogP contribution is 2.09. The van der Waals surface area contributed by atoms with Crippen LogP contribution in [0.1, 0.15) is 5.56 Å². The minimum absolute atomic E-state index is 0.00226. The van der Waals surface area contributed by atoms with Gasteiger partial charge in [-0.1, -0.05) is 12.1 Å². The summed E-state index contributed by atoms with van der Waals surface area (Å²) >= 11 is 0. The fraction of sp³-hybridized carbons (Fsp3) is 0.400. The van der Waals surface area contributed by atoms with Crippen molar-refractivity contribution in [1.82, 2.24) is 9.44 Å². The van der Waals surface area contributed by atoms with Crippen molar-refractivity contribution in [3.63, 3.8) is 0 Å². The van der Waals surface area contributed by atoms with E-state index < -0.39 is 20.0 Å². The van der Waals surface area contributed by atoms with Crippen LogP contribution in [0.3, 0.4) is 0 Å². The minimum Gasteiger partial charge on any atom is -0.399 e. The fourth-order valence-electron chi connectivity index (χ4n) is 1.40. The van der Waals surface area contributed by atoms with E-state index in [1.54, 1.807) is 24.3 Å². The first-order valence-electron chi connectivity index (χ1n) is 5.44. The van der Waals surface area contributed by atoms with Gasteiger partial charge in [0.15, 0.2) is 0 Å². The number of hydrogen-bond acceptors (Lipinski definition) is 5. The Labute approximate surface area is 113 Å². The highest BCUT2D eigenvalue weighted by molar-refractivity contribution is 7.89. The lowest BCUT2D eigenvalue weighted by Crippen LogP contribution is -2.34. The van der Waals surface area contributed by atoms with Crippen LogP contribution >= 0.6 is 0 Å². The van der Waals surface area contributed by atoms with Crippen LogP contribution < -0.4 is 15.2 Å². The Morgan fingerprint density at radius 2 is 1.74 bits per heavy atom. The topological polar surface area (TPSA) is 118 Å². The van der Waals surface area contributed by atoms with Crippen molar-refractivity contribution in [3.8, 4) is 0 Å². The van der Waals surface area contributed by atoms with Crippen LogP contribution in [-0.2, 0) is 25.8 Å². The minimum atomic E-state index is -3.51. The normalized spacial score (nSPS) is 12.5. The van der Waals surface area contributed by atoms with E-state index in [2.05, 4.69) is 9.44 Å². The summed E-state index contributed by atoms with van der Waals surface area (Å²) in [6.07, 6.45) is 1.01. The van der Waals surface area contributed by atoms with Crippen molar-refractivity contribution in [2.45, 2.75) is 5.75 Å². The molecule has 0 bridgehead atoms. The number of anilines is 1. The van der Waals surface area contributed by atoms with Crippen molar-refractivity contribution in [2.24, 2.45) is 0 Å². The molecule has 7 nitrogen and oxygen atoms in total. The number of hydrogen-bond donors (Lipinski definition) is 3. The molecule has 9 heteroatoms. The maximum atomic E-state index is 11.7. The molecule has 0 aliphatic carbocycles. The van der Waals surface area contributed by atoms with Gasteiger partial charge in [-0.3, -0.25) is 0 Å². The third kappa shape index (κ3) is 7.11. The van der Waals surface area contributed by atoms with E-state index in [0.29, 0.717) is 11.3 Å². The second-order valence-corrected chi connectivity index (χ2v) is 7.70. The SMILES string of the molecule is CS(=O)(=O)NCCNS(=O)(=O)Cc1cccc(N)c1. The van der Waals surface area contributed by atoms with Gasteiger partial charge in [0.2, 0.25) is 20.0 Å². The summed E-state index contributed by atoms with van der Waals surface area (Å²) in [4.78, 5) is 0. The van der Waals surface area contributed by atoms with Crippen LogP contribution in [-0.4, -0.2) is 36.2 Å². The Morgan fingerprint density at radius 3 is 2.32 bits per heavy atom. The molecule has 0 aromatic heterocycles. The van der Waals surface area contributed by atoms with E-state index in [1.807, 2.05) is 0 Å². The second-order valence-electron chi connectivity index (χ2n) is 4.06. The van der Waals surface area contributed by atoms with E-state index in [1.165, 1.54) is 0 Å². The van der Waals surface area contributed by atoms with Gasteiger partial charge in [0, 0.05) is 18.8 Å². The van der Waals surface area contributed by atoms with Crippen molar-refractivity contribution < 1.29 is 16.8 Å². The van der Waals surface area contributed by atoms with E-state index in [0.717, 1.165) is 6.26 Å². The number of nitrogens with two attached hydrogens (primary N) is 1. The summed E-state index contributed by atoms with van der Waals surface area (Å²) in [6.45, 7) is 0.00666. The van der Waals surface area contributed by atoms with Crippen molar-refractivity contribution in [1.29, 1.82) is 0 Å². The van der Waals surface area contributed by atoms with Gasteiger partial charge in [0.1, 0.15) is 0 Å². The number of nitrogens with one attached hydrogen (secondary N) is 2. The van der Waals surface area contributed by atoms with Crippen LogP contribution in [0, 0.1) is 0 Å². The Morgan fingerprint density at radius 1 is 1.11 bits per heavy atom. The predicted octanol–water partition coefficient (Wildman–Crippen LogP) is -0.763. The molecule has 0 saturated carbocycles. The summed E-state index contributed by atoms with van der Waals surface area (Å²) in [5.74, 6) is -0.198. The summed E-state index contributed by atoms with van der Waals surface area (Å²) in [7, 11) is -6.82. The van der Waals surface area contributed by atoms with Gasteiger partial charge in [-0.15, -0.1) is 0 Å². The Kier molecular flexibility index (Phi) is 5.29. The lowest BCUT2D eigenvalue weighted by Gasteiger charge is -2.07. The molecule has 108 valence electrons. The molecule has 0 radical (unpaired) electrons. The molecule has 1 aromatic carbocycles. The molecule has 0 unspecified atom stereocenters.